The van der Waals surface area contributed by atoms with Crippen molar-refractivity contribution in [2.45, 2.75) is 27.7 Å². The summed E-state index contributed by atoms with van der Waals surface area (Å²) in [6, 6.07) is 5.95. The van der Waals surface area contributed by atoms with Gasteiger partial charge in [-0.2, -0.15) is 0 Å². The van der Waals surface area contributed by atoms with Crippen molar-refractivity contribution in [3.63, 3.8) is 0 Å². The number of nitrogens with one attached hydrogen (secondary N) is 1. The molecule has 0 radical (unpaired) electrons. The number of aryl methyl sites for hydroxylation is 2. The molecule has 4 nitrogen and oxygen atoms in total. The summed E-state index contributed by atoms with van der Waals surface area (Å²) in [4.78, 5) is 14.6. The lowest BCUT2D eigenvalue weighted by atomic mass is 10.1. The Labute approximate surface area is 133 Å². The molecular weight excluding hydrogens is 274 g/mol. The Kier molecular flexibility index (Phi) is 5.24. The van der Waals surface area contributed by atoms with Gasteiger partial charge in [0.25, 0.3) is 5.91 Å². The van der Waals surface area contributed by atoms with Crippen molar-refractivity contribution in [1.29, 1.82) is 0 Å². The first-order valence-corrected chi connectivity index (χ1v) is 8.05. The Morgan fingerprint density at radius 3 is 2.55 bits per heavy atom. The van der Waals surface area contributed by atoms with Gasteiger partial charge in [0.15, 0.2) is 0 Å². The molecule has 22 heavy (non-hydrogen) atoms. The van der Waals surface area contributed by atoms with E-state index in [-0.39, 0.29) is 5.91 Å². The number of amides is 1. The van der Waals surface area contributed by atoms with E-state index in [0.29, 0.717) is 6.54 Å². The highest BCUT2D eigenvalue weighted by Crippen LogP contribution is 2.25. The molecule has 1 N–H and O–H groups in total. The van der Waals surface area contributed by atoms with Crippen molar-refractivity contribution in [2.24, 2.45) is 7.05 Å². The van der Waals surface area contributed by atoms with Gasteiger partial charge in [0.05, 0.1) is 0 Å². The van der Waals surface area contributed by atoms with Crippen LogP contribution in [0.15, 0.2) is 18.2 Å². The van der Waals surface area contributed by atoms with Gasteiger partial charge in [-0.1, -0.05) is 13.8 Å². The quantitative estimate of drug-likeness (QED) is 0.891. The predicted octanol–water partition coefficient (Wildman–Crippen LogP) is 2.87. The third-order valence-corrected chi connectivity index (χ3v) is 4.68. The predicted molar refractivity (Wildman–Crippen MR) is 92.5 cm³/mol. The monoisotopic (exact) mass is 301 g/mol. The highest BCUT2D eigenvalue weighted by atomic mass is 16.1. The Balaban J connectivity index is 2.10. The Hall–Kier alpha value is -1.81. The van der Waals surface area contributed by atoms with Crippen molar-refractivity contribution >= 4 is 16.8 Å². The van der Waals surface area contributed by atoms with Gasteiger partial charge < -0.3 is 14.8 Å². The number of rotatable bonds is 6. The van der Waals surface area contributed by atoms with Crippen molar-refractivity contribution in [1.82, 2.24) is 14.8 Å². The molecule has 0 bridgehead atoms. The van der Waals surface area contributed by atoms with Gasteiger partial charge in [-0.15, -0.1) is 0 Å². The molecule has 2 rings (SSSR count). The summed E-state index contributed by atoms with van der Waals surface area (Å²) in [6.07, 6.45) is 0. The van der Waals surface area contributed by atoms with Crippen LogP contribution in [0, 0.1) is 13.8 Å². The van der Waals surface area contributed by atoms with Crippen molar-refractivity contribution in [3.05, 3.63) is 35.0 Å². The highest BCUT2D eigenvalue weighted by molar-refractivity contribution is 5.99. The summed E-state index contributed by atoms with van der Waals surface area (Å²) in [5.74, 6) is 0.00922. The molecule has 0 saturated carbocycles. The van der Waals surface area contributed by atoms with Crippen LogP contribution in [0.4, 0.5) is 0 Å². The number of hydrogen-bond acceptors (Lipinski definition) is 2. The SMILES string of the molecule is CCN(CC)CCNC(=O)c1ccc2c(c1)c(C)c(C)n2C. The van der Waals surface area contributed by atoms with E-state index in [1.165, 1.54) is 16.8 Å². The van der Waals surface area contributed by atoms with Crippen LogP contribution in [0.2, 0.25) is 0 Å². The smallest absolute Gasteiger partial charge is 0.251 e. The van der Waals surface area contributed by atoms with Gasteiger partial charge >= 0.3 is 0 Å². The van der Waals surface area contributed by atoms with Crippen LogP contribution in [0.3, 0.4) is 0 Å². The maximum atomic E-state index is 12.3. The summed E-state index contributed by atoms with van der Waals surface area (Å²) in [5, 5.41) is 4.18. The third-order valence-electron chi connectivity index (χ3n) is 4.68. The molecule has 0 aliphatic heterocycles. The molecule has 1 aromatic heterocycles. The van der Waals surface area contributed by atoms with Gasteiger partial charge in [0.1, 0.15) is 0 Å². The van der Waals surface area contributed by atoms with Crippen LogP contribution in [0.5, 0.6) is 0 Å². The number of likely N-dealkylation sites (N-methyl/N-ethyl adjacent to an activating group) is 1. The van der Waals surface area contributed by atoms with Crippen molar-refractivity contribution in [3.8, 4) is 0 Å². The topological polar surface area (TPSA) is 37.3 Å². The molecule has 1 aromatic carbocycles. The number of carbonyl (C=O) groups is 1. The molecule has 4 heteroatoms. The Bertz CT molecular complexity index is 669. The molecule has 0 unspecified atom stereocenters. The summed E-state index contributed by atoms with van der Waals surface area (Å²) in [6.45, 7) is 12.1. The van der Waals surface area contributed by atoms with E-state index in [1.807, 2.05) is 18.2 Å². The summed E-state index contributed by atoms with van der Waals surface area (Å²) >= 11 is 0. The number of fused-ring (bicyclic) bond motifs is 1. The summed E-state index contributed by atoms with van der Waals surface area (Å²) < 4.78 is 2.17. The van der Waals surface area contributed by atoms with E-state index in [2.05, 4.69) is 49.5 Å². The molecule has 0 aliphatic rings. The maximum absolute atomic E-state index is 12.3. The molecule has 0 fully saturated rings. The van der Waals surface area contributed by atoms with Crippen LogP contribution in [0.1, 0.15) is 35.5 Å². The van der Waals surface area contributed by atoms with Crippen molar-refractivity contribution in [2.75, 3.05) is 26.2 Å². The number of hydrogen-bond donors (Lipinski definition) is 1. The second-order valence-corrected chi connectivity index (χ2v) is 5.78. The van der Waals surface area contributed by atoms with Crippen LogP contribution in [0.25, 0.3) is 10.9 Å². The van der Waals surface area contributed by atoms with Crippen molar-refractivity contribution < 1.29 is 4.79 Å². The van der Waals surface area contributed by atoms with E-state index in [1.54, 1.807) is 0 Å². The largest absolute Gasteiger partial charge is 0.351 e. The molecule has 1 heterocycles. The van der Waals surface area contributed by atoms with Gasteiger partial charge in [-0.3, -0.25) is 4.79 Å². The first-order valence-electron chi connectivity index (χ1n) is 8.05. The maximum Gasteiger partial charge on any atom is 0.251 e. The Morgan fingerprint density at radius 1 is 1.23 bits per heavy atom. The van der Waals surface area contributed by atoms with Gasteiger partial charge in [-0.05, 0) is 50.7 Å². The fourth-order valence-electron chi connectivity index (χ4n) is 2.87. The second-order valence-electron chi connectivity index (χ2n) is 5.78. The molecule has 0 aliphatic carbocycles. The minimum Gasteiger partial charge on any atom is -0.351 e. The van der Waals surface area contributed by atoms with Crippen LogP contribution in [-0.4, -0.2) is 41.6 Å². The number of nitrogens with zero attached hydrogens (tertiary/aromatic N) is 2. The number of aromatic nitrogens is 1. The fourth-order valence-corrected chi connectivity index (χ4v) is 2.87. The van der Waals surface area contributed by atoms with E-state index in [9.17, 15) is 4.79 Å². The molecule has 2 aromatic rings. The first kappa shape index (κ1) is 16.6. The van der Waals surface area contributed by atoms with E-state index in [0.717, 1.165) is 30.6 Å². The Morgan fingerprint density at radius 2 is 1.91 bits per heavy atom. The van der Waals surface area contributed by atoms with Crippen LogP contribution < -0.4 is 5.32 Å². The molecule has 0 atom stereocenters. The normalized spacial score (nSPS) is 11.4. The fraction of sp³-hybridized carbons (Fsp3) is 0.500. The average Bonchev–Trinajstić information content (AvgIpc) is 2.75. The van der Waals surface area contributed by atoms with Crippen LogP contribution in [-0.2, 0) is 7.05 Å². The highest BCUT2D eigenvalue weighted by Gasteiger charge is 2.12. The lowest BCUT2D eigenvalue weighted by Crippen LogP contribution is -2.34. The summed E-state index contributed by atoms with van der Waals surface area (Å²) in [7, 11) is 2.06. The molecule has 0 spiro atoms. The van der Waals surface area contributed by atoms with Crippen LogP contribution >= 0.6 is 0 Å². The summed E-state index contributed by atoms with van der Waals surface area (Å²) in [5.41, 5.74) is 4.40. The number of benzene rings is 1. The van der Waals surface area contributed by atoms with Gasteiger partial charge in [0, 0.05) is 42.3 Å². The molecule has 0 saturated heterocycles. The lowest BCUT2D eigenvalue weighted by molar-refractivity contribution is 0.0949. The average molecular weight is 301 g/mol. The van der Waals surface area contributed by atoms with E-state index >= 15 is 0 Å². The first-order chi connectivity index (χ1) is 10.5. The zero-order valence-corrected chi connectivity index (χ0v) is 14.4. The minimum atomic E-state index is 0.00922. The second kappa shape index (κ2) is 6.97. The zero-order chi connectivity index (χ0) is 16.3. The van der Waals surface area contributed by atoms with E-state index in [4.69, 9.17) is 0 Å². The van der Waals surface area contributed by atoms with Gasteiger partial charge in [0.2, 0.25) is 0 Å². The molecule has 120 valence electrons. The standard InChI is InChI=1S/C18H27N3O/c1-6-21(7-2)11-10-19-18(22)15-8-9-17-16(12-15)13(3)14(4)20(17)5/h8-9,12H,6-7,10-11H2,1-5H3,(H,19,22). The molecule has 1 amide bonds. The zero-order valence-electron chi connectivity index (χ0n) is 14.4. The molecular formula is C18H27N3O. The lowest BCUT2D eigenvalue weighted by Gasteiger charge is -2.17. The minimum absolute atomic E-state index is 0.00922. The number of carbonyl (C=O) groups excluding carboxylic acids is 1. The van der Waals surface area contributed by atoms with E-state index < -0.39 is 0 Å². The van der Waals surface area contributed by atoms with Gasteiger partial charge in [-0.25, -0.2) is 0 Å². The third kappa shape index (κ3) is 3.17.